The number of benzene rings is 1. The second-order valence-electron chi connectivity index (χ2n) is 6.62. The van der Waals surface area contributed by atoms with Crippen LogP contribution in [-0.2, 0) is 11.3 Å². The molecule has 0 unspecified atom stereocenters. The van der Waals surface area contributed by atoms with Crippen LogP contribution in [0.1, 0.15) is 26.3 Å². The van der Waals surface area contributed by atoms with Gasteiger partial charge in [0.15, 0.2) is 0 Å². The van der Waals surface area contributed by atoms with Crippen molar-refractivity contribution in [2.45, 2.75) is 32.9 Å². The summed E-state index contributed by atoms with van der Waals surface area (Å²) in [7, 11) is 0. The summed E-state index contributed by atoms with van der Waals surface area (Å²) in [6.45, 7) is 8.29. The zero-order chi connectivity index (χ0) is 17.2. The van der Waals surface area contributed by atoms with E-state index in [1.165, 1.54) is 12.1 Å². The van der Waals surface area contributed by atoms with Crippen molar-refractivity contribution >= 4 is 22.0 Å². The van der Waals surface area contributed by atoms with Crippen LogP contribution in [0.5, 0.6) is 0 Å². The van der Waals surface area contributed by atoms with Crippen molar-refractivity contribution < 1.29 is 18.3 Å². The summed E-state index contributed by atoms with van der Waals surface area (Å²) in [4.78, 5) is 15.7. The van der Waals surface area contributed by atoms with Crippen molar-refractivity contribution in [1.82, 2.24) is 9.80 Å². The van der Waals surface area contributed by atoms with Crippen molar-refractivity contribution in [2.24, 2.45) is 0 Å². The standard InChI is InChI=1S/C16H21BrF2N2O2/c1-16(2,3)23-15(22)21-6-4-20(5-7-21)10-11-8-12(18)14(17)13(19)9-11/h8-9H,4-7,10H2,1-3H3. The fraction of sp³-hybridized carbons (Fsp3) is 0.562. The molecule has 2 rings (SSSR count). The van der Waals surface area contributed by atoms with E-state index in [1.54, 1.807) is 4.90 Å². The maximum Gasteiger partial charge on any atom is 0.410 e. The van der Waals surface area contributed by atoms with Crippen LogP contribution in [0.3, 0.4) is 0 Å². The van der Waals surface area contributed by atoms with Crippen molar-refractivity contribution in [3.63, 3.8) is 0 Å². The minimum atomic E-state index is -0.604. The summed E-state index contributed by atoms with van der Waals surface area (Å²) >= 11 is 2.86. The molecule has 1 aromatic rings. The van der Waals surface area contributed by atoms with Gasteiger partial charge in [0.05, 0.1) is 4.47 Å². The highest BCUT2D eigenvalue weighted by Gasteiger charge is 2.26. The first kappa shape index (κ1) is 18.1. The Kier molecular flexibility index (Phi) is 5.62. The predicted molar refractivity (Wildman–Crippen MR) is 87.1 cm³/mol. The van der Waals surface area contributed by atoms with Crippen LogP contribution in [0.25, 0.3) is 0 Å². The molecular formula is C16H21BrF2N2O2. The average molecular weight is 391 g/mol. The Bertz CT molecular complexity index is 559. The summed E-state index contributed by atoms with van der Waals surface area (Å²) in [6, 6.07) is 2.65. The van der Waals surface area contributed by atoms with E-state index < -0.39 is 17.2 Å². The maximum absolute atomic E-state index is 13.5. The zero-order valence-corrected chi connectivity index (χ0v) is 15.1. The van der Waals surface area contributed by atoms with Crippen LogP contribution in [-0.4, -0.2) is 47.7 Å². The van der Waals surface area contributed by atoms with Gasteiger partial charge in [-0.15, -0.1) is 0 Å². The molecule has 0 spiro atoms. The number of nitrogens with zero attached hydrogens (tertiary/aromatic N) is 2. The van der Waals surface area contributed by atoms with Crippen molar-refractivity contribution in [3.8, 4) is 0 Å². The number of hydrogen-bond acceptors (Lipinski definition) is 3. The molecule has 23 heavy (non-hydrogen) atoms. The van der Waals surface area contributed by atoms with Crippen LogP contribution >= 0.6 is 15.9 Å². The predicted octanol–water partition coefficient (Wildman–Crippen LogP) is 3.78. The number of halogens is 3. The third kappa shape index (κ3) is 5.14. The lowest BCUT2D eigenvalue weighted by atomic mass is 10.2. The van der Waals surface area contributed by atoms with Crippen molar-refractivity contribution in [3.05, 3.63) is 33.8 Å². The molecule has 0 aliphatic carbocycles. The van der Waals surface area contributed by atoms with E-state index in [1.807, 2.05) is 20.8 Å². The number of amides is 1. The maximum atomic E-state index is 13.5. The van der Waals surface area contributed by atoms with Gasteiger partial charge in [0.25, 0.3) is 0 Å². The topological polar surface area (TPSA) is 32.8 Å². The van der Waals surface area contributed by atoms with Gasteiger partial charge >= 0.3 is 6.09 Å². The average Bonchev–Trinajstić information content (AvgIpc) is 2.43. The van der Waals surface area contributed by atoms with Gasteiger partial charge in [-0.1, -0.05) is 0 Å². The van der Waals surface area contributed by atoms with Gasteiger partial charge in [0, 0.05) is 32.7 Å². The monoisotopic (exact) mass is 390 g/mol. The first-order valence-corrected chi connectivity index (χ1v) is 8.29. The highest BCUT2D eigenvalue weighted by molar-refractivity contribution is 9.10. The molecule has 1 heterocycles. The molecule has 0 bridgehead atoms. The smallest absolute Gasteiger partial charge is 0.410 e. The summed E-state index contributed by atoms with van der Waals surface area (Å²) in [6.07, 6.45) is -0.321. The van der Waals surface area contributed by atoms with Crippen LogP contribution in [0, 0.1) is 11.6 Å². The molecule has 128 valence electrons. The molecular weight excluding hydrogens is 370 g/mol. The molecule has 1 fully saturated rings. The van der Waals surface area contributed by atoms with E-state index in [0.717, 1.165) is 0 Å². The summed E-state index contributed by atoms with van der Waals surface area (Å²) < 4.78 is 32.3. The van der Waals surface area contributed by atoms with Gasteiger partial charge in [0.1, 0.15) is 17.2 Å². The fourth-order valence-electron chi connectivity index (χ4n) is 2.37. The highest BCUT2D eigenvalue weighted by atomic mass is 79.9. The summed E-state index contributed by atoms with van der Waals surface area (Å²) in [5.41, 5.74) is 0.0645. The van der Waals surface area contributed by atoms with Gasteiger partial charge in [-0.2, -0.15) is 0 Å². The van der Waals surface area contributed by atoms with Gasteiger partial charge in [-0.3, -0.25) is 4.90 Å². The molecule has 0 N–H and O–H groups in total. The van der Waals surface area contributed by atoms with Gasteiger partial charge in [-0.05, 0) is 54.4 Å². The third-order valence-corrected chi connectivity index (χ3v) is 4.23. The van der Waals surface area contributed by atoms with E-state index in [-0.39, 0.29) is 10.6 Å². The number of rotatable bonds is 2. The fourth-order valence-corrected chi connectivity index (χ4v) is 2.60. The van der Waals surface area contributed by atoms with Crippen LogP contribution in [0.2, 0.25) is 0 Å². The van der Waals surface area contributed by atoms with Crippen LogP contribution in [0.4, 0.5) is 13.6 Å². The Morgan fingerprint density at radius 2 is 1.70 bits per heavy atom. The van der Waals surface area contributed by atoms with E-state index in [2.05, 4.69) is 20.8 Å². The lowest BCUT2D eigenvalue weighted by Crippen LogP contribution is -2.49. The lowest BCUT2D eigenvalue weighted by molar-refractivity contribution is 0.0139. The Morgan fingerprint density at radius 1 is 1.17 bits per heavy atom. The van der Waals surface area contributed by atoms with Crippen molar-refractivity contribution in [1.29, 1.82) is 0 Å². The first-order chi connectivity index (χ1) is 10.7. The largest absolute Gasteiger partial charge is 0.444 e. The number of piperazine rings is 1. The minimum Gasteiger partial charge on any atom is -0.444 e. The molecule has 0 saturated carbocycles. The Morgan fingerprint density at radius 3 is 2.17 bits per heavy atom. The number of hydrogen-bond donors (Lipinski definition) is 0. The normalized spacial score (nSPS) is 16.5. The SMILES string of the molecule is CC(C)(C)OC(=O)N1CCN(Cc2cc(F)c(Br)c(F)c2)CC1. The molecule has 1 saturated heterocycles. The van der Waals surface area contributed by atoms with E-state index >= 15 is 0 Å². The third-order valence-electron chi connectivity index (χ3n) is 3.47. The van der Waals surface area contributed by atoms with Gasteiger partial charge in [-0.25, -0.2) is 13.6 Å². The van der Waals surface area contributed by atoms with Gasteiger partial charge in [0.2, 0.25) is 0 Å². The Hall–Kier alpha value is -1.21. The number of ether oxygens (including phenoxy) is 1. The molecule has 1 amide bonds. The first-order valence-electron chi connectivity index (χ1n) is 7.49. The van der Waals surface area contributed by atoms with E-state index in [9.17, 15) is 13.6 Å². The molecule has 1 aromatic carbocycles. The molecule has 0 atom stereocenters. The second kappa shape index (κ2) is 7.13. The molecule has 0 radical (unpaired) electrons. The molecule has 0 aromatic heterocycles. The second-order valence-corrected chi connectivity index (χ2v) is 7.41. The number of carbonyl (C=O) groups excluding carboxylic acids is 1. The molecule has 1 aliphatic rings. The number of carbonyl (C=O) groups is 1. The van der Waals surface area contributed by atoms with Gasteiger partial charge < -0.3 is 9.64 Å². The zero-order valence-electron chi connectivity index (χ0n) is 13.5. The Balaban J connectivity index is 1.89. The molecule has 4 nitrogen and oxygen atoms in total. The van der Waals surface area contributed by atoms with E-state index in [0.29, 0.717) is 38.3 Å². The highest BCUT2D eigenvalue weighted by Crippen LogP contribution is 2.22. The molecule has 7 heteroatoms. The van der Waals surface area contributed by atoms with Crippen LogP contribution in [0.15, 0.2) is 16.6 Å². The van der Waals surface area contributed by atoms with Crippen LogP contribution < -0.4 is 0 Å². The van der Waals surface area contributed by atoms with E-state index in [4.69, 9.17) is 4.74 Å². The summed E-state index contributed by atoms with van der Waals surface area (Å²) in [5.74, 6) is -1.21. The summed E-state index contributed by atoms with van der Waals surface area (Å²) in [5, 5.41) is 0. The van der Waals surface area contributed by atoms with Crippen molar-refractivity contribution in [2.75, 3.05) is 26.2 Å². The lowest BCUT2D eigenvalue weighted by Gasteiger charge is -2.35. The Labute approximate surface area is 143 Å². The minimum absolute atomic E-state index is 0.143. The quantitative estimate of drug-likeness (QED) is 0.720. The molecule has 1 aliphatic heterocycles.